The molecule has 0 aromatic heterocycles. The summed E-state index contributed by atoms with van der Waals surface area (Å²) in [4.78, 5) is 23.2. The first-order chi connectivity index (χ1) is 13.6. The normalized spacial score (nSPS) is 13.1. The largest absolute Gasteiger partial charge is 0.381 e. The lowest BCUT2D eigenvalue weighted by molar-refractivity contribution is -0.384. The Morgan fingerprint density at radius 3 is 2.68 bits per heavy atom. The number of nitro groups is 1. The molecule has 0 atom stereocenters. The van der Waals surface area contributed by atoms with Crippen LogP contribution in [0.1, 0.15) is 35.2 Å². The minimum absolute atomic E-state index is 0.114. The minimum Gasteiger partial charge on any atom is -0.381 e. The van der Waals surface area contributed by atoms with E-state index in [1.807, 2.05) is 30.3 Å². The predicted octanol–water partition coefficient (Wildman–Crippen LogP) is 3.75. The third-order valence-corrected chi connectivity index (χ3v) is 4.58. The molecule has 1 aliphatic carbocycles. The lowest BCUT2D eigenvalue weighted by atomic mass is 10.1. The molecule has 0 spiro atoms. The van der Waals surface area contributed by atoms with Gasteiger partial charge in [-0.25, -0.2) is 0 Å². The zero-order chi connectivity index (χ0) is 19.8. The number of nitro benzene ring substituents is 1. The van der Waals surface area contributed by atoms with Crippen molar-refractivity contribution in [3.63, 3.8) is 0 Å². The fourth-order valence-corrected chi connectivity index (χ4v) is 2.78. The van der Waals surface area contributed by atoms with Crippen molar-refractivity contribution in [2.45, 2.75) is 25.8 Å². The van der Waals surface area contributed by atoms with Gasteiger partial charge in [0.05, 0.1) is 4.92 Å². The van der Waals surface area contributed by atoms with E-state index in [0.717, 1.165) is 24.5 Å². The summed E-state index contributed by atoms with van der Waals surface area (Å²) < 4.78 is 5.53. The van der Waals surface area contributed by atoms with Crippen LogP contribution in [0.5, 0.6) is 0 Å². The summed E-state index contributed by atoms with van der Waals surface area (Å²) in [5.41, 5.74) is 1.56. The van der Waals surface area contributed by atoms with Gasteiger partial charge in [-0.3, -0.25) is 14.9 Å². The SMILES string of the molecule is O=C(NCCCOCC1CC1)c1ccc(NCc2ccccc2)c([N+](=O)[O-])c1. The molecule has 1 saturated carbocycles. The van der Waals surface area contributed by atoms with Crippen LogP contribution in [-0.4, -0.2) is 30.6 Å². The number of rotatable bonds is 11. The van der Waals surface area contributed by atoms with Gasteiger partial charge in [-0.15, -0.1) is 0 Å². The Morgan fingerprint density at radius 1 is 1.18 bits per heavy atom. The Morgan fingerprint density at radius 2 is 1.96 bits per heavy atom. The summed E-state index contributed by atoms with van der Waals surface area (Å²) in [6.45, 7) is 2.36. The molecule has 1 amide bonds. The van der Waals surface area contributed by atoms with Crippen LogP contribution >= 0.6 is 0 Å². The number of carbonyl (C=O) groups is 1. The molecule has 0 radical (unpaired) electrons. The lowest BCUT2D eigenvalue weighted by Gasteiger charge is -2.10. The molecule has 0 bridgehead atoms. The van der Waals surface area contributed by atoms with Gasteiger partial charge in [0.15, 0.2) is 0 Å². The van der Waals surface area contributed by atoms with E-state index in [2.05, 4.69) is 10.6 Å². The average molecular weight is 383 g/mol. The molecule has 0 unspecified atom stereocenters. The standard InChI is InChI=1S/C21H25N3O4/c25-21(22-11-4-12-28-15-17-7-8-17)18-9-10-19(20(13-18)24(26)27)23-14-16-5-2-1-3-6-16/h1-3,5-6,9-10,13,17,23H,4,7-8,11-12,14-15H2,(H,22,25). The van der Waals surface area contributed by atoms with E-state index in [1.165, 1.54) is 18.9 Å². The number of ether oxygens (including phenoxy) is 1. The monoisotopic (exact) mass is 383 g/mol. The van der Waals surface area contributed by atoms with Crippen molar-refractivity contribution >= 4 is 17.3 Å². The van der Waals surface area contributed by atoms with Gasteiger partial charge < -0.3 is 15.4 Å². The van der Waals surface area contributed by atoms with Crippen LogP contribution in [0, 0.1) is 16.0 Å². The molecular weight excluding hydrogens is 358 g/mol. The van der Waals surface area contributed by atoms with Crippen molar-refractivity contribution in [2.24, 2.45) is 5.92 Å². The summed E-state index contributed by atoms with van der Waals surface area (Å²) in [5.74, 6) is 0.407. The van der Waals surface area contributed by atoms with Gasteiger partial charge in [0, 0.05) is 37.9 Å². The fraction of sp³-hybridized carbons (Fsp3) is 0.381. The second kappa shape index (κ2) is 9.85. The maximum atomic E-state index is 12.3. The van der Waals surface area contributed by atoms with E-state index < -0.39 is 4.92 Å². The topological polar surface area (TPSA) is 93.5 Å². The fourth-order valence-electron chi connectivity index (χ4n) is 2.78. The molecule has 0 aliphatic heterocycles. The average Bonchev–Trinajstić information content (AvgIpc) is 3.54. The van der Waals surface area contributed by atoms with Crippen molar-refractivity contribution in [3.8, 4) is 0 Å². The maximum Gasteiger partial charge on any atom is 0.293 e. The van der Waals surface area contributed by atoms with Gasteiger partial charge in [0.25, 0.3) is 11.6 Å². The van der Waals surface area contributed by atoms with Gasteiger partial charge in [-0.1, -0.05) is 30.3 Å². The number of benzene rings is 2. The summed E-state index contributed by atoms with van der Waals surface area (Å²) >= 11 is 0. The number of hydrogen-bond donors (Lipinski definition) is 2. The second-order valence-electron chi connectivity index (χ2n) is 6.96. The van der Waals surface area contributed by atoms with Crippen LogP contribution in [0.4, 0.5) is 11.4 Å². The second-order valence-corrected chi connectivity index (χ2v) is 6.96. The third kappa shape index (κ3) is 6.06. The van der Waals surface area contributed by atoms with Crippen molar-refractivity contribution in [3.05, 3.63) is 69.8 Å². The number of nitrogens with one attached hydrogen (secondary N) is 2. The number of hydrogen-bond acceptors (Lipinski definition) is 5. The zero-order valence-electron chi connectivity index (χ0n) is 15.7. The highest BCUT2D eigenvalue weighted by molar-refractivity contribution is 5.95. The molecule has 3 rings (SSSR count). The van der Waals surface area contributed by atoms with E-state index in [1.54, 1.807) is 12.1 Å². The highest BCUT2D eigenvalue weighted by atomic mass is 16.6. The van der Waals surface area contributed by atoms with E-state index >= 15 is 0 Å². The minimum atomic E-state index is -0.476. The number of carbonyl (C=O) groups excluding carboxylic acids is 1. The molecule has 148 valence electrons. The number of amides is 1. The molecule has 2 aromatic carbocycles. The third-order valence-electron chi connectivity index (χ3n) is 4.58. The maximum absolute atomic E-state index is 12.3. The molecule has 1 fully saturated rings. The quantitative estimate of drug-likeness (QED) is 0.350. The summed E-state index contributed by atoms with van der Waals surface area (Å²) in [6, 6.07) is 14.1. The Balaban J connectivity index is 1.51. The molecule has 0 saturated heterocycles. The molecule has 7 nitrogen and oxygen atoms in total. The highest BCUT2D eigenvalue weighted by Gasteiger charge is 2.21. The van der Waals surface area contributed by atoms with Crippen LogP contribution in [0.15, 0.2) is 48.5 Å². The van der Waals surface area contributed by atoms with Gasteiger partial charge in [-0.05, 0) is 42.9 Å². The van der Waals surface area contributed by atoms with Crippen LogP contribution in [0.25, 0.3) is 0 Å². The Kier molecular flexibility index (Phi) is 6.97. The van der Waals surface area contributed by atoms with Crippen molar-refractivity contribution in [2.75, 3.05) is 25.1 Å². The van der Waals surface area contributed by atoms with Crippen molar-refractivity contribution in [1.82, 2.24) is 5.32 Å². The molecule has 0 heterocycles. The van der Waals surface area contributed by atoms with Crippen molar-refractivity contribution in [1.29, 1.82) is 0 Å². The van der Waals surface area contributed by atoms with E-state index in [0.29, 0.717) is 25.4 Å². The van der Waals surface area contributed by atoms with Crippen LogP contribution < -0.4 is 10.6 Å². The van der Waals surface area contributed by atoms with Crippen LogP contribution in [-0.2, 0) is 11.3 Å². The molecule has 2 N–H and O–H groups in total. The first-order valence-electron chi connectivity index (χ1n) is 9.55. The number of nitrogens with zero attached hydrogens (tertiary/aromatic N) is 1. The summed E-state index contributed by atoms with van der Waals surface area (Å²) in [7, 11) is 0. The molecule has 7 heteroatoms. The number of anilines is 1. The lowest BCUT2D eigenvalue weighted by Crippen LogP contribution is -2.25. The first-order valence-corrected chi connectivity index (χ1v) is 9.55. The highest BCUT2D eigenvalue weighted by Crippen LogP contribution is 2.28. The Hall–Kier alpha value is -2.93. The van der Waals surface area contributed by atoms with Gasteiger partial charge in [0.1, 0.15) is 5.69 Å². The van der Waals surface area contributed by atoms with Crippen LogP contribution in [0.2, 0.25) is 0 Å². The van der Waals surface area contributed by atoms with E-state index in [4.69, 9.17) is 4.74 Å². The Labute approximate surface area is 164 Å². The molecular formula is C21H25N3O4. The zero-order valence-corrected chi connectivity index (χ0v) is 15.7. The van der Waals surface area contributed by atoms with Gasteiger partial charge in [0.2, 0.25) is 0 Å². The summed E-state index contributed by atoms with van der Waals surface area (Å²) in [6.07, 6.45) is 3.23. The molecule has 2 aromatic rings. The van der Waals surface area contributed by atoms with E-state index in [9.17, 15) is 14.9 Å². The molecule has 1 aliphatic rings. The van der Waals surface area contributed by atoms with Crippen LogP contribution in [0.3, 0.4) is 0 Å². The van der Waals surface area contributed by atoms with Gasteiger partial charge in [-0.2, -0.15) is 0 Å². The predicted molar refractivity (Wildman–Crippen MR) is 107 cm³/mol. The Bertz CT molecular complexity index is 807. The summed E-state index contributed by atoms with van der Waals surface area (Å²) in [5, 5.41) is 17.3. The van der Waals surface area contributed by atoms with Gasteiger partial charge >= 0.3 is 0 Å². The molecule has 28 heavy (non-hydrogen) atoms. The van der Waals surface area contributed by atoms with Crippen molar-refractivity contribution < 1.29 is 14.5 Å². The van der Waals surface area contributed by atoms with E-state index in [-0.39, 0.29) is 17.2 Å². The first kappa shape index (κ1) is 19.8. The smallest absolute Gasteiger partial charge is 0.293 e.